The summed E-state index contributed by atoms with van der Waals surface area (Å²) in [7, 11) is 3.18. The van der Waals surface area contributed by atoms with Crippen molar-refractivity contribution in [1.29, 1.82) is 0 Å². The van der Waals surface area contributed by atoms with Gasteiger partial charge in [-0.05, 0) is 91.4 Å². The number of hydrogen-bond acceptors (Lipinski definition) is 7. The van der Waals surface area contributed by atoms with Crippen molar-refractivity contribution in [2.75, 3.05) is 26.1 Å². The average Bonchev–Trinajstić information content (AvgIpc) is 3.08. The molecule has 0 saturated carbocycles. The smallest absolute Gasteiger partial charge is 0.282 e. The van der Waals surface area contributed by atoms with Crippen LogP contribution < -0.4 is 25.1 Å². The predicted octanol–water partition coefficient (Wildman–Crippen LogP) is 7.45. The zero-order chi connectivity index (χ0) is 34.4. The van der Waals surface area contributed by atoms with Gasteiger partial charge in [0.05, 0.1) is 31.3 Å². The van der Waals surface area contributed by atoms with Gasteiger partial charge in [0.15, 0.2) is 23.9 Å². The van der Waals surface area contributed by atoms with Gasteiger partial charge in [-0.2, -0.15) is 9.78 Å². The Kier molecular flexibility index (Phi) is 10.4. The first-order valence-electron chi connectivity index (χ1n) is 15.7. The molecule has 48 heavy (non-hydrogen) atoms. The molecule has 4 aromatic carbocycles. The number of amides is 1. The summed E-state index contributed by atoms with van der Waals surface area (Å²) in [5.74, 6) is 1.90. The SMILES string of the molecule is C=CCc1cc(C=Nn2c(-c3cc(C(C)C)c(OC)cc3C)nc3ccccc3c2=O)cc(OC)c1OCC(=O)Nc1ccc(C)cc1. The molecule has 5 rings (SSSR count). The summed E-state index contributed by atoms with van der Waals surface area (Å²) < 4.78 is 18.7. The van der Waals surface area contributed by atoms with Gasteiger partial charge in [-0.25, -0.2) is 4.98 Å². The Morgan fingerprint density at radius 1 is 1.00 bits per heavy atom. The number of allylic oxidation sites excluding steroid dienone is 1. The van der Waals surface area contributed by atoms with Crippen molar-refractivity contribution in [2.24, 2.45) is 5.10 Å². The number of rotatable bonds is 12. The van der Waals surface area contributed by atoms with Crippen LogP contribution in [0.2, 0.25) is 0 Å². The number of hydrogen-bond donors (Lipinski definition) is 1. The predicted molar refractivity (Wildman–Crippen MR) is 192 cm³/mol. The van der Waals surface area contributed by atoms with Crippen molar-refractivity contribution in [2.45, 2.75) is 40.0 Å². The molecule has 1 N–H and O–H groups in total. The molecular weight excluding hydrogens is 604 g/mol. The van der Waals surface area contributed by atoms with E-state index in [1.54, 1.807) is 37.6 Å². The van der Waals surface area contributed by atoms with E-state index in [1.807, 2.05) is 68.4 Å². The number of ether oxygens (including phenoxy) is 3. The molecular formula is C39H40N4O5. The first-order valence-corrected chi connectivity index (χ1v) is 15.7. The van der Waals surface area contributed by atoms with Crippen molar-refractivity contribution in [3.05, 3.63) is 124 Å². The highest BCUT2D eigenvalue weighted by molar-refractivity contribution is 5.92. The maximum Gasteiger partial charge on any atom is 0.282 e. The van der Waals surface area contributed by atoms with Crippen LogP contribution in [0.25, 0.3) is 22.3 Å². The van der Waals surface area contributed by atoms with Gasteiger partial charge in [0.1, 0.15) is 5.75 Å². The van der Waals surface area contributed by atoms with Gasteiger partial charge in [0.2, 0.25) is 0 Å². The minimum absolute atomic E-state index is 0.175. The number of benzene rings is 4. The molecule has 9 heteroatoms. The molecule has 0 bridgehead atoms. The Balaban J connectivity index is 1.54. The van der Waals surface area contributed by atoms with E-state index in [2.05, 4.69) is 25.7 Å². The topological polar surface area (TPSA) is 104 Å². The third-order valence-electron chi connectivity index (χ3n) is 7.94. The van der Waals surface area contributed by atoms with Gasteiger partial charge in [-0.3, -0.25) is 9.59 Å². The number of methoxy groups -OCH3 is 2. The van der Waals surface area contributed by atoms with Crippen LogP contribution in [0.1, 0.15) is 47.6 Å². The van der Waals surface area contributed by atoms with Crippen LogP contribution in [0.4, 0.5) is 5.69 Å². The summed E-state index contributed by atoms with van der Waals surface area (Å²) in [6, 6.07) is 22.4. The second-order valence-electron chi connectivity index (χ2n) is 11.8. The fraction of sp³-hybridized carbons (Fsp3) is 0.231. The number of fused-ring (bicyclic) bond motifs is 1. The maximum atomic E-state index is 13.9. The number of aromatic nitrogens is 2. The molecule has 9 nitrogen and oxygen atoms in total. The minimum Gasteiger partial charge on any atom is -0.496 e. The van der Waals surface area contributed by atoms with E-state index >= 15 is 0 Å². The number of carbonyl (C=O) groups is 1. The van der Waals surface area contributed by atoms with Crippen LogP contribution in [0.5, 0.6) is 17.2 Å². The highest BCUT2D eigenvalue weighted by Gasteiger charge is 2.19. The van der Waals surface area contributed by atoms with E-state index in [9.17, 15) is 9.59 Å². The number of para-hydroxylation sites is 1. The lowest BCUT2D eigenvalue weighted by Crippen LogP contribution is -2.21. The number of nitrogens with zero attached hydrogens (tertiary/aromatic N) is 3. The number of anilines is 1. The van der Waals surface area contributed by atoms with Crippen LogP contribution in [-0.2, 0) is 11.2 Å². The van der Waals surface area contributed by atoms with Crippen molar-refractivity contribution >= 4 is 28.7 Å². The number of carbonyl (C=O) groups excluding carboxylic acids is 1. The average molecular weight is 645 g/mol. The first-order chi connectivity index (χ1) is 23.1. The second-order valence-corrected chi connectivity index (χ2v) is 11.8. The molecule has 0 spiro atoms. The molecule has 1 amide bonds. The van der Waals surface area contributed by atoms with Crippen molar-refractivity contribution < 1.29 is 19.0 Å². The van der Waals surface area contributed by atoms with Crippen LogP contribution >= 0.6 is 0 Å². The maximum absolute atomic E-state index is 13.9. The highest BCUT2D eigenvalue weighted by atomic mass is 16.5. The lowest BCUT2D eigenvalue weighted by molar-refractivity contribution is -0.118. The summed E-state index contributed by atoms with van der Waals surface area (Å²) in [5, 5.41) is 7.99. The lowest BCUT2D eigenvalue weighted by atomic mass is 9.96. The van der Waals surface area contributed by atoms with Crippen LogP contribution in [-0.4, -0.2) is 42.6 Å². The van der Waals surface area contributed by atoms with Crippen LogP contribution in [0.15, 0.2) is 95.3 Å². The normalized spacial score (nSPS) is 11.2. The number of aryl methyl sites for hydroxylation is 2. The Bertz CT molecular complexity index is 2060. The zero-order valence-corrected chi connectivity index (χ0v) is 28.2. The van der Waals surface area contributed by atoms with E-state index < -0.39 is 0 Å². The van der Waals surface area contributed by atoms with E-state index in [4.69, 9.17) is 24.3 Å². The molecule has 0 unspecified atom stereocenters. The molecule has 1 aromatic heterocycles. The zero-order valence-electron chi connectivity index (χ0n) is 28.2. The molecule has 0 aliphatic carbocycles. The molecule has 5 aromatic rings. The summed E-state index contributed by atoms with van der Waals surface area (Å²) in [4.78, 5) is 31.5. The molecule has 0 saturated heterocycles. The molecule has 0 aliphatic rings. The molecule has 0 atom stereocenters. The third kappa shape index (κ3) is 7.31. The lowest BCUT2D eigenvalue weighted by Gasteiger charge is -2.17. The Labute approximate surface area is 280 Å². The van der Waals surface area contributed by atoms with Gasteiger partial charge < -0.3 is 19.5 Å². The Hall–Kier alpha value is -5.70. The summed E-state index contributed by atoms with van der Waals surface area (Å²) in [5.41, 5.74) is 6.12. The van der Waals surface area contributed by atoms with Crippen LogP contribution in [0.3, 0.4) is 0 Å². The number of nitrogens with one attached hydrogen (secondary N) is 1. The largest absolute Gasteiger partial charge is 0.496 e. The first kappa shape index (κ1) is 33.7. The van der Waals surface area contributed by atoms with Gasteiger partial charge in [0.25, 0.3) is 11.5 Å². The van der Waals surface area contributed by atoms with E-state index in [0.29, 0.717) is 45.9 Å². The fourth-order valence-electron chi connectivity index (χ4n) is 5.45. The molecule has 246 valence electrons. The molecule has 1 heterocycles. The minimum atomic E-state index is -0.304. The van der Waals surface area contributed by atoms with Crippen molar-refractivity contribution in [1.82, 2.24) is 9.66 Å². The van der Waals surface area contributed by atoms with Crippen molar-refractivity contribution in [3.8, 4) is 28.6 Å². The fourth-order valence-corrected chi connectivity index (χ4v) is 5.45. The molecule has 0 fully saturated rings. The van der Waals surface area contributed by atoms with Gasteiger partial charge in [0, 0.05) is 16.8 Å². The summed E-state index contributed by atoms with van der Waals surface area (Å²) in [6.07, 6.45) is 3.77. The van der Waals surface area contributed by atoms with E-state index in [0.717, 1.165) is 33.6 Å². The van der Waals surface area contributed by atoms with Crippen LogP contribution in [0, 0.1) is 13.8 Å². The van der Waals surface area contributed by atoms with E-state index in [1.165, 1.54) is 11.8 Å². The molecule has 0 aliphatic heterocycles. The molecule has 0 radical (unpaired) electrons. The van der Waals surface area contributed by atoms with Crippen molar-refractivity contribution in [3.63, 3.8) is 0 Å². The Morgan fingerprint density at radius 3 is 2.42 bits per heavy atom. The monoisotopic (exact) mass is 644 g/mol. The van der Waals surface area contributed by atoms with Gasteiger partial charge in [-0.15, -0.1) is 6.58 Å². The van der Waals surface area contributed by atoms with Gasteiger partial charge >= 0.3 is 0 Å². The summed E-state index contributed by atoms with van der Waals surface area (Å²) >= 11 is 0. The van der Waals surface area contributed by atoms with E-state index in [-0.39, 0.29) is 24.0 Å². The van der Waals surface area contributed by atoms with Gasteiger partial charge in [-0.1, -0.05) is 49.8 Å². The summed E-state index contributed by atoms with van der Waals surface area (Å²) in [6.45, 7) is 11.8. The third-order valence-corrected chi connectivity index (χ3v) is 7.94. The highest BCUT2D eigenvalue weighted by Crippen LogP contribution is 2.35. The second kappa shape index (κ2) is 14.8. The Morgan fingerprint density at radius 2 is 1.73 bits per heavy atom. The standard InChI is InChI=1S/C39H40N4O5/c1-8-11-28-19-27(20-35(47-7)37(28)48-23-36(44)41-29-16-14-25(4)15-17-29)22-40-43-38(42-33-13-10-9-12-30(33)39(43)45)32-21-31(24(2)3)34(46-6)18-26(32)5/h8-10,12-22,24H,1,11,23H2,2-7H3,(H,41,44). The quantitative estimate of drug-likeness (QED) is 0.112.